The van der Waals surface area contributed by atoms with Crippen molar-refractivity contribution < 1.29 is 22.2 Å². The average Bonchev–Trinajstić information content (AvgIpc) is 3.42. The molecule has 2 fully saturated rings. The fourth-order valence-corrected chi connectivity index (χ4v) is 7.22. The number of nitriles is 1. The minimum Gasteiger partial charge on any atom is -0.370 e. The van der Waals surface area contributed by atoms with Gasteiger partial charge in [0.2, 0.25) is 11.8 Å². The fourth-order valence-electron chi connectivity index (χ4n) is 5.64. The van der Waals surface area contributed by atoms with Crippen molar-refractivity contribution >= 4 is 21.3 Å². The second-order valence-electron chi connectivity index (χ2n) is 10.7. The number of amides is 1. The van der Waals surface area contributed by atoms with Gasteiger partial charge in [0.25, 0.3) is 0 Å². The predicted molar refractivity (Wildman–Crippen MR) is 153 cm³/mol. The fraction of sp³-hybridized carbons (Fsp3) is 0.448. The molecule has 5 rings (SSSR count). The molecule has 13 heteroatoms. The zero-order valence-electron chi connectivity index (χ0n) is 23.3. The Balaban J connectivity index is 1.55. The molecule has 0 spiro atoms. The maximum Gasteiger partial charge on any atom is 0.248 e. The lowest BCUT2D eigenvalue weighted by Crippen LogP contribution is -2.43. The highest BCUT2D eigenvalue weighted by Crippen LogP contribution is 2.47. The Morgan fingerprint density at radius 3 is 2.60 bits per heavy atom. The van der Waals surface area contributed by atoms with Crippen molar-refractivity contribution in [3.05, 3.63) is 60.3 Å². The van der Waals surface area contributed by atoms with Gasteiger partial charge >= 0.3 is 0 Å². The molecule has 1 saturated heterocycles. The van der Waals surface area contributed by atoms with Crippen molar-refractivity contribution in [1.29, 1.82) is 5.26 Å². The van der Waals surface area contributed by atoms with Gasteiger partial charge in [0.1, 0.15) is 6.04 Å². The summed E-state index contributed by atoms with van der Waals surface area (Å²) in [6.45, 7) is 2.70. The van der Waals surface area contributed by atoms with Crippen LogP contribution in [0.3, 0.4) is 0 Å². The molecule has 42 heavy (non-hydrogen) atoms. The zero-order chi connectivity index (χ0) is 30.1. The van der Waals surface area contributed by atoms with Crippen LogP contribution in [-0.2, 0) is 14.5 Å². The number of rotatable bonds is 6. The van der Waals surface area contributed by atoms with Crippen LogP contribution >= 0.6 is 0 Å². The normalized spacial score (nSPS) is 22.1. The number of alkyl halides is 2. The predicted octanol–water partition coefficient (Wildman–Crippen LogP) is 4.54. The van der Waals surface area contributed by atoms with E-state index in [1.807, 2.05) is 30.3 Å². The van der Waals surface area contributed by atoms with Crippen LogP contribution in [0.1, 0.15) is 37.8 Å². The monoisotopic (exact) mass is 599 g/mol. The molecule has 3 heterocycles. The van der Waals surface area contributed by atoms with Crippen LogP contribution in [-0.4, -0.2) is 68.5 Å². The van der Waals surface area contributed by atoms with E-state index in [2.05, 4.69) is 24.7 Å². The number of hydrogen-bond acceptors (Lipinski definition) is 7. The second kappa shape index (κ2) is 11.8. The van der Waals surface area contributed by atoms with Gasteiger partial charge in [-0.1, -0.05) is 12.1 Å². The van der Waals surface area contributed by atoms with Crippen LogP contribution in [0.25, 0.3) is 16.9 Å². The second-order valence-corrected chi connectivity index (χ2v) is 13.5. The van der Waals surface area contributed by atoms with Crippen molar-refractivity contribution in [2.24, 2.45) is 10.3 Å². The number of carbonyl (C=O) groups excluding carboxylic acids is 1. The molecular weight excluding hydrogens is 567 g/mol. The molecule has 1 amide bonds. The van der Waals surface area contributed by atoms with Crippen LogP contribution in [0.5, 0.6) is 0 Å². The van der Waals surface area contributed by atoms with E-state index in [1.165, 1.54) is 29.9 Å². The highest BCUT2D eigenvalue weighted by atomic mass is 32.2. The van der Waals surface area contributed by atoms with E-state index in [4.69, 9.17) is 0 Å². The summed E-state index contributed by atoms with van der Waals surface area (Å²) in [6, 6.07) is 11.3. The highest BCUT2D eigenvalue weighted by Gasteiger charge is 2.46. The number of hydrogen-bond donors (Lipinski definition) is 1. The van der Waals surface area contributed by atoms with Gasteiger partial charge in [0.15, 0.2) is 11.6 Å². The topological polar surface area (TPSA) is 116 Å². The molecule has 222 valence electrons. The number of aromatic nitrogens is 3. The average molecular weight is 600 g/mol. The van der Waals surface area contributed by atoms with E-state index in [0.717, 1.165) is 5.69 Å². The number of halogens is 3. The molecule has 9 nitrogen and oxygen atoms in total. The van der Waals surface area contributed by atoms with E-state index in [9.17, 15) is 27.4 Å². The number of nitrogens with zero attached hydrogens (tertiary/aromatic N) is 6. The molecule has 1 aromatic carbocycles. The van der Waals surface area contributed by atoms with Gasteiger partial charge in [0, 0.05) is 89.7 Å². The standard InChI is InChI=1S/C29H32F3N7O2S/c1-19(17-33)36-28(40)22-9-10-29(31,32)16-23(22)26-24(18-39(37-26)27-25(30)4-3-11-35-27)20-5-7-21(8-6-20)38-12-14-42(41,34-2)15-13-38/h3-8,11,18-19,22-23H,9-10,12-16H2,1-2H3,(H,36,40)/t19-,22+,23+/m0/s1. The van der Waals surface area contributed by atoms with Gasteiger partial charge in [-0.05, 0) is 43.2 Å². The lowest BCUT2D eigenvalue weighted by Gasteiger charge is -2.35. The third-order valence-corrected chi connectivity index (χ3v) is 10.3. The zero-order valence-corrected chi connectivity index (χ0v) is 24.2. The maximum absolute atomic E-state index is 14.8. The Kier molecular flexibility index (Phi) is 8.28. The Morgan fingerprint density at radius 1 is 1.24 bits per heavy atom. The minimum atomic E-state index is -3.03. The van der Waals surface area contributed by atoms with E-state index < -0.39 is 58.1 Å². The summed E-state index contributed by atoms with van der Waals surface area (Å²) in [7, 11) is -0.588. The largest absolute Gasteiger partial charge is 0.370 e. The van der Waals surface area contributed by atoms with Crippen molar-refractivity contribution in [1.82, 2.24) is 20.1 Å². The molecule has 0 bridgehead atoms. The van der Waals surface area contributed by atoms with Gasteiger partial charge in [-0.3, -0.25) is 4.79 Å². The first-order chi connectivity index (χ1) is 20.0. The lowest BCUT2D eigenvalue weighted by atomic mass is 9.74. The SMILES string of the molecule is CN=S1(=O)CCN(c2ccc(-c3cn(-c4ncccc4F)nc3[C@@H]3CC(F)(F)CC[C@H]3C(=O)N[C@@H](C)C#N)cc2)CC1. The van der Waals surface area contributed by atoms with Crippen LogP contribution < -0.4 is 10.2 Å². The molecule has 1 aliphatic heterocycles. The Morgan fingerprint density at radius 2 is 1.95 bits per heavy atom. The van der Waals surface area contributed by atoms with E-state index in [0.29, 0.717) is 35.7 Å². The summed E-state index contributed by atoms with van der Waals surface area (Å²) >= 11 is 0. The minimum absolute atomic E-state index is 0.0902. The molecule has 2 aromatic heterocycles. The Labute approximate surface area is 242 Å². The Bertz CT molecular complexity index is 1610. The molecule has 0 unspecified atom stereocenters. The molecule has 1 saturated carbocycles. The van der Waals surface area contributed by atoms with Crippen molar-refractivity contribution in [3.8, 4) is 23.0 Å². The number of anilines is 1. The lowest BCUT2D eigenvalue weighted by molar-refractivity contribution is -0.131. The maximum atomic E-state index is 14.8. The first-order valence-corrected chi connectivity index (χ1v) is 15.6. The van der Waals surface area contributed by atoms with E-state index in [-0.39, 0.29) is 17.9 Å². The number of nitrogens with one attached hydrogen (secondary N) is 1. The summed E-state index contributed by atoms with van der Waals surface area (Å²) in [5, 5.41) is 16.3. The third kappa shape index (κ3) is 6.13. The number of carbonyl (C=O) groups is 1. The molecule has 3 atom stereocenters. The van der Waals surface area contributed by atoms with Crippen LogP contribution in [0.2, 0.25) is 0 Å². The first kappa shape index (κ1) is 29.6. The quantitative estimate of drug-likeness (QED) is 0.445. The highest BCUT2D eigenvalue weighted by molar-refractivity contribution is 7.93. The first-order valence-electron chi connectivity index (χ1n) is 13.8. The van der Waals surface area contributed by atoms with Crippen molar-refractivity contribution in [2.75, 3.05) is 36.5 Å². The smallest absolute Gasteiger partial charge is 0.248 e. The summed E-state index contributed by atoms with van der Waals surface area (Å²) in [5.41, 5.74) is 2.28. The molecule has 3 aromatic rings. The Hall–Kier alpha value is -3.92. The van der Waals surface area contributed by atoms with Crippen LogP contribution in [0.15, 0.2) is 53.2 Å². The van der Waals surface area contributed by atoms with Gasteiger partial charge in [-0.25, -0.2) is 31.4 Å². The van der Waals surface area contributed by atoms with Crippen molar-refractivity contribution in [3.63, 3.8) is 0 Å². The summed E-state index contributed by atoms with van der Waals surface area (Å²) in [6.07, 6.45) is 1.79. The molecule has 0 radical (unpaired) electrons. The molecule has 1 N–H and O–H groups in total. The third-order valence-electron chi connectivity index (χ3n) is 8.00. The number of pyridine rings is 1. The molecule has 2 aliphatic rings. The summed E-state index contributed by atoms with van der Waals surface area (Å²) in [4.78, 5) is 19.4. The van der Waals surface area contributed by atoms with Crippen LogP contribution in [0, 0.1) is 23.1 Å². The number of benzene rings is 1. The van der Waals surface area contributed by atoms with E-state index in [1.54, 1.807) is 13.2 Å². The summed E-state index contributed by atoms with van der Waals surface area (Å²) < 4.78 is 62.3. The van der Waals surface area contributed by atoms with Gasteiger partial charge in [0.05, 0.1) is 11.8 Å². The van der Waals surface area contributed by atoms with Gasteiger partial charge in [-0.2, -0.15) is 10.4 Å². The van der Waals surface area contributed by atoms with Gasteiger partial charge < -0.3 is 10.2 Å². The van der Waals surface area contributed by atoms with Crippen molar-refractivity contribution in [2.45, 2.75) is 44.1 Å². The van der Waals surface area contributed by atoms with Gasteiger partial charge in [-0.15, -0.1) is 0 Å². The molecule has 1 aliphatic carbocycles. The molecular formula is C29H32F3N7O2S. The van der Waals surface area contributed by atoms with E-state index >= 15 is 0 Å². The van der Waals surface area contributed by atoms with Crippen LogP contribution in [0.4, 0.5) is 18.9 Å². The summed E-state index contributed by atoms with van der Waals surface area (Å²) in [5.74, 6) is -5.16.